The molecule has 2 rings (SSSR count). The van der Waals surface area contributed by atoms with Crippen molar-refractivity contribution >= 4 is 23.3 Å². The van der Waals surface area contributed by atoms with E-state index >= 15 is 0 Å². The molecule has 0 aromatic carbocycles. The Morgan fingerprint density at radius 1 is 1.55 bits per heavy atom. The number of likely N-dealkylation sites (N-methyl/N-ethyl adjacent to an activating group) is 1. The van der Waals surface area contributed by atoms with Crippen LogP contribution in [0.15, 0.2) is 12.1 Å². The second kappa shape index (κ2) is 6.90. The number of rotatable bonds is 4. The van der Waals surface area contributed by atoms with Gasteiger partial charge in [0.25, 0.3) is 5.91 Å². The minimum absolute atomic E-state index is 0.168. The van der Waals surface area contributed by atoms with E-state index in [1.807, 2.05) is 6.92 Å². The van der Waals surface area contributed by atoms with Gasteiger partial charge in [-0.15, -0.1) is 0 Å². The fourth-order valence-corrected chi connectivity index (χ4v) is 2.61. The van der Waals surface area contributed by atoms with E-state index in [2.05, 4.69) is 27.6 Å². The number of likely N-dealkylation sites (tertiary alicyclic amines) is 1. The van der Waals surface area contributed by atoms with Crippen molar-refractivity contribution in [3.63, 3.8) is 0 Å². The zero-order chi connectivity index (χ0) is 14.5. The summed E-state index contributed by atoms with van der Waals surface area (Å²) in [4.78, 5) is 18.8. The van der Waals surface area contributed by atoms with E-state index in [0.717, 1.165) is 32.5 Å². The topological polar surface area (TPSA) is 57.3 Å². The van der Waals surface area contributed by atoms with Crippen molar-refractivity contribution < 1.29 is 4.79 Å². The Labute approximate surface area is 124 Å². The third kappa shape index (κ3) is 3.84. The summed E-state index contributed by atoms with van der Waals surface area (Å²) in [6.07, 6.45) is 2.10. The molecule has 20 heavy (non-hydrogen) atoms. The number of piperidine rings is 1. The number of anilines is 1. The number of hydrogen-bond donors (Lipinski definition) is 2. The molecular formula is C14H21ClN4O. The van der Waals surface area contributed by atoms with Gasteiger partial charge in [0.15, 0.2) is 0 Å². The predicted octanol–water partition coefficient (Wildman–Crippen LogP) is 1.99. The number of carbonyl (C=O) groups is 1. The summed E-state index contributed by atoms with van der Waals surface area (Å²) in [7, 11) is 2.06. The van der Waals surface area contributed by atoms with Crippen LogP contribution in [-0.4, -0.2) is 48.5 Å². The molecule has 1 aromatic heterocycles. The lowest BCUT2D eigenvalue weighted by atomic mass is 10.1. The number of amides is 1. The minimum atomic E-state index is -0.199. The van der Waals surface area contributed by atoms with E-state index in [1.54, 1.807) is 12.1 Å². The summed E-state index contributed by atoms with van der Waals surface area (Å²) in [5, 5.41) is 6.49. The summed E-state index contributed by atoms with van der Waals surface area (Å²) >= 11 is 6.08. The first-order chi connectivity index (χ1) is 9.60. The summed E-state index contributed by atoms with van der Waals surface area (Å²) in [6, 6.07) is 3.65. The average molecular weight is 297 g/mol. The quantitative estimate of drug-likeness (QED) is 0.892. The van der Waals surface area contributed by atoms with Crippen LogP contribution in [0.5, 0.6) is 0 Å². The molecule has 0 saturated carbocycles. The Morgan fingerprint density at radius 3 is 3.05 bits per heavy atom. The molecule has 0 aliphatic carbocycles. The molecule has 2 N–H and O–H groups in total. The van der Waals surface area contributed by atoms with Crippen LogP contribution in [0.2, 0.25) is 5.02 Å². The molecule has 110 valence electrons. The van der Waals surface area contributed by atoms with Gasteiger partial charge in [-0.2, -0.15) is 0 Å². The molecule has 1 saturated heterocycles. The smallest absolute Gasteiger partial charge is 0.271 e. The fraction of sp³-hybridized carbons (Fsp3) is 0.571. The summed E-state index contributed by atoms with van der Waals surface area (Å²) in [6.45, 7) is 4.69. The third-order valence-corrected chi connectivity index (χ3v) is 3.68. The maximum Gasteiger partial charge on any atom is 0.271 e. The van der Waals surface area contributed by atoms with Gasteiger partial charge in [-0.05, 0) is 45.5 Å². The predicted molar refractivity (Wildman–Crippen MR) is 81.4 cm³/mol. The Morgan fingerprint density at radius 2 is 2.35 bits per heavy atom. The summed E-state index contributed by atoms with van der Waals surface area (Å²) < 4.78 is 0. The summed E-state index contributed by atoms with van der Waals surface area (Å²) in [5.41, 5.74) is 0.290. The first kappa shape index (κ1) is 15.1. The number of carbonyl (C=O) groups excluding carboxylic acids is 1. The molecule has 2 heterocycles. The molecule has 1 atom stereocenters. The lowest BCUT2D eigenvalue weighted by molar-refractivity contribution is 0.0908. The van der Waals surface area contributed by atoms with Crippen LogP contribution in [0.3, 0.4) is 0 Å². The molecule has 0 spiro atoms. The molecule has 0 radical (unpaired) electrons. The van der Waals surface area contributed by atoms with E-state index in [0.29, 0.717) is 16.5 Å². The molecule has 1 unspecified atom stereocenters. The normalized spacial score (nSPS) is 19.6. The van der Waals surface area contributed by atoms with Crippen LogP contribution < -0.4 is 10.6 Å². The molecule has 1 aliphatic heterocycles. The van der Waals surface area contributed by atoms with Crippen LogP contribution >= 0.6 is 11.6 Å². The standard InChI is InChI=1S/C14H21ClN4O/c1-3-16-12-7-6-11(15)13(18-12)14(20)17-10-5-4-8-19(2)9-10/h6-7,10H,3-5,8-9H2,1-2H3,(H,16,18)(H,17,20). The monoisotopic (exact) mass is 296 g/mol. The Balaban J connectivity index is 2.06. The minimum Gasteiger partial charge on any atom is -0.370 e. The number of aromatic nitrogens is 1. The second-order valence-corrected chi connectivity index (χ2v) is 5.54. The lowest BCUT2D eigenvalue weighted by Gasteiger charge is -2.30. The summed E-state index contributed by atoms with van der Waals surface area (Å²) in [5.74, 6) is 0.470. The van der Waals surface area contributed by atoms with Crippen molar-refractivity contribution in [3.05, 3.63) is 22.8 Å². The third-order valence-electron chi connectivity index (χ3n) is 3.38. The average Bonchev–Trinajstić information content (AvgIpc) is 2.41. The van der Waals surface area contributed by atoms with Gasteiger partial charge in [0, 0.05) is 19.1 Å². The van der Waals surface area contributed by atoms with Gasteiger partial charge >= 0.3 is 0 Å². The first-order valence-electron chi connectivity index (χ1n) is 7.00. The van der Waals surface area contributed by atoms with Crippen molar-refractivity contribution in [1.82, 2.24) is 15.2 Å². The molecule has 1 aromatic rings. The van der Waals surface area contributed by atoms with E-state index in [-0.39, 0.29) is 11.9 Å². The molecule has 1 aliphatic rings. The number of halogens is 1. The lowest BCUT2D eigenvalue weighted by Crippen LogP contribution is -2.46. The van der Waals surface area contributed by atoms with Gasteiger partial charge in [0.2, 0.25) is 0 Å². The molecular weight excluding hydrogens is 276 g/mol. The van der Waals surface area contributed by atoms with Crippen LogP contribution in [0.1, 0.15) is 30.3 Å². The first-order valence-corrected chi connectivity index (χ1v) is 7.37. The molecule has 1 fully saturated rings. The maximum absolute atomic E-state index is 12.3. The number of nitrogens with one attached hydrogen (secondary N) is 2. The Bertz CT molecular complexity index is 480. The molecule has 6 heteroatoms. The van der Waals surface area contributed by atoms with Gasteiger partial charge < -0.3 is 15.5 Å². The second-order valence-electron chi connectivity index (χ2n) is 5.13. The van der Waals surface area contributed by atoms with Gasteiger partial charge in [-0.1, -0.05) is 11.6 Å². The van der Waals surface area contributed by atoms with Crippen molar-refractivity contribution in [2.45, 2.75) is 25.8 Å². The highest BCUT2D eigenvalue weighted by molar-refractivity contribution is 6.33. The zero-order valence-electron chi connectivity index (χ0n) is 11.9. The van der Waals surface area contributed by atoms with E-state index in [1.165, 1.54) is 0 Å². The van der Waals surface area contributed by atoms with E-state index in [4.69, 9.17) is 11.6 Å². The Hall–Kier alpha value is -1.33. The van der Waals surface area contributed by atoms with Crippen LogP contribution in [0.4, 0.5) is 5.82 Å². The Kier molecular flexibility index (Phi) is 5.20. The van der Waals surface area contributed by atoms with Crippen molar-refractivity contribution in [1.29, 1.82) is 0 Å². The number of hydrogen-bond acceptors (Lipinski definition) is 4. The molecule has 1 amide bonds. The highest BCUT2D eigenvalue weighted by atomic mass is 35.5. The van der Waals surface area contributed by atoms with E-state index < -0.39 is 0 Å². The highest BCUT2D eigenvalue weighted by Crippen LogP contribution is 2.17. The van der Waals surface area contributed by atoms with Crippen molar-refractivity contribution in [2.75, 3.05) is 32.0 Å². The van der Waals surface area contributed by atoms with Crippen LogP contribution in [0, 0.1) is 0 Å². The maximum atomic E-state index is 12.3. The van der Waals surface area contributed by atoms with Crippen LogP contribution in [-0.2, 0) is 0 Å². The van der Waals surface area contributed by atoms with Crippen molar-refractivity contribution in [3.8, 4) is 0 Å². The van der Waals surface area contributed by atoms with Gasteiger partial charge in [0.1, 0.15) is 11.5 Å². The van der Waals surface area contributed by atoms with Crippen molar-refractivity contribution in [2.24, 2.45) is 0 Å². The zero-order valence-corrected chi connectivity index (χ0v) is 12.7. The van der Waals surface area contributed by atoms with Gasteiger partial charge in [0.05, 0.1) is 5.02 Å². The molecule has 0 bridgehead atoms. The van der Waals surface area contributed by atoms with E-state index in [9.17, 15) is 4.79 Å². The number of pyridine rings is 1. The van der Waals surface area contributed by atoms with Crippen LogP contribution in [0.25, 0.3) is 0 Å². The fourth-order valence-electron chi connectivity index (χ4n) is 2.42. The number of nitrogens with zero attached hydrogens (tertiary/aromatic N) is 2. The SMILES string of the molecule is CCNc1ccc(Cl)c(C(=O)NC2CCCN(C)C2)n1. The molecule has 5 nitrogen and oxygen atoms in total. The van der Waals surface area contributed by atoms with Gasteiger partial charge in [-0.3, -0.25) is 4.79 Å². The largest absolute Gasteiger partial charge is 0.370 e. The van der Waals surface area contributed by atoms with Gasteiger partial charge in [-0.25, -0.2) is 4.98 Å². The highest BCUT2D eigenvalue weighted by Gasteiger charge is 2.21.